The zero-order valence-corrected chi connectivity index (χ0v) is 6.77. The molecule has 0 saturated carbocycles. The van der Waals surface area contributed by atoms with Gasteiger partial charge < -0.3 is 4.74 Å². The average Bonchev–Trinajstić information content (AvgIpc) is 1.87. The molecule has 0 rings (SSSR count). The van der Waals surface area contributed by atoms with E-state index in [1.807, 2.05) is 0 Å². The molecule has 0 aliphatic rings. The standard InChI is InChI=1S/C7H9O2S/c1-4-5(2)9-7(8)6(3)10/h1,5-6H,2-3H3. The molecule has 2 atom stereocenters. The van der Waals surface area contributed by atoms with Gasteiger partial charge in [0.25, 0.3) is 0 Å². The lowest BCUT2D eigenvalue weighted by Crippen LogP contribution is -2.19. The van der Waals surface area contributed by atoms with E-state index in [0.717, 1.165) is 0 Å². The number of terminal acetylenes is 1. The maximum atomic E-state index is 10.7. The van der Waals surface area contributed by atoms with E-state index in [4.69, 9.17) is 6.42 Å². The van der Waals surface area contributed by atoms with Crippen molar-refractivity contribution in [3.63, 3.8) is 0 Å². The van der Waals surface area contributed by atoms with Crippen LogP contribution in [0.25, 0.3) is 0 Å². The van der Waals surface area contributed by atoms with Crippen LogP contribution < -0.4 is 0 Å². The molecule has 0 fully saturated rings. The molecule has 0 aliphatic carbocycles. The minimum Gasteiger partial charge on any atom is -0.449 e. The van der Waals surface area contributed by atoms with Crippen molar-refractivity contribution in [1.29, 1.82) is 0 Å². The number of esters is 1. The largest absolute Gasteiger partial charge is 0.449 e. The first-order valence-corrected chi connectivity index (χ1v) is 3.37. The summed E-state index contributed by atoms with van der Waals surface area (Å²) in [5.41, 5.74) is 0. The van der Waals surface area contributed by atoms with Crippen molar-refractivity contribution in [3.05, 3.63) is 0 Å². The van der Waals surface area contributed by atoms with Crippen molar-refractivity contribution >= 4 is 18.6 Å². The highest BCUT2D eigenvalue weighted by Gasteiger charge is 2.11. The van der Waals surface area contributed by atoms with Gasteiger partial charge in [0.1, 0.15) is 5.25 Å². The summed E-state index contributed by atoms with van der Waals surface area (Å²) in [5.74, 6) is 1.83. The first-order valence-electron chi connectivity index (χ1n) is 2.90. The van der Waals surface area contributed by atoms with Crippen LogP contribution >= 0.6 is 12.6 Å². The summed E-state index contributed by atoms with van der Waals surface area (Å²) in [4.78, 5) is 10.7. The van der Waals surface area contributed by atoms with Gasteiger partial charge in [0.2, 0.25) is 0 Å². The van der Waals surface area contributed by atoms with Crippen LogP contribution in [0, 0.1) is 12.3 Å². The van der Waals surface area contributed by atoms with E-state index in [-0.39, 0.29) is 0 Å². The van der Waals surface area contributed by atoms with Gasteiger partial charge in [0.05, 0.1) is 0 Å². The number of ether oxygens (including phenoxy) is 1. The van der Waals surface area contributed by atoms with E-state index in [1.54, 1.807) is 13.8 Å². The van der Waals surface area contributed by atoms with E-state index in [9.17, 15) is 4.79 Å². The zero-order valence-electron chi connectivity index (χ0n) is 5.96. The molecule has 0 bridgehead atoms. The van der Waals surface area contributed by atoms with Crippen LogP contribution in [-0.4, -0.2) is 17.3 Å². The first-order chi connectivity index (χ1) is 4.57. The Labute approximate surface area is 66.4 Å². The minimum atomic E-state index is -0.518. The van der Waals surface area contributed by atoms with Crippen molar-refractivity contribution in [2.24, 2.45) is 0 Å². The van der Waals surface area contributed by atoms with Crippen LogP contribution in [0.3, 0.4) is 0 Å². The van der Waals surface area contributed by atoms with Crippen LogP contribution in [0.4, 0.5) is 0 Å². The lowest BCUT2D eigenvalue weighted by Gasteiger charge is -2.07. The Bertz CT molecular complexity index is 157. The van der Waals surface area contributed by atoms with Crippen LogP contribution in [0.2, 0.25) is 0 Å². The van der Waals surface area contributed by atoms with E-state index >= 15 is 0 Å². The van der Waals surface area contributed by atoms with Crippen molar-refractivity contribution in [3.8, 4) is 12.3 Å². The zero-order chi connectivity index (χ0) is 8.15. The third kappa shape index (κ3) is 3.41. The van der Waals surface area contributed by atoms with Crippen molar-refractivity contribution in [1.82, 2.24) is 0 Å². The predicted octanol–water partition coefficient (Wildman–Crippen LogP) is 1.14. The molecule has 2 nitrogen and oxygen atoms in total. The second-order valence-corrected chi connectivity index (χ2v) is 2.60. The maximum absolute atomic E-state index is 10.7. The summed E-state index contributed by atoms with van der Waals surface area (Å²) in [6.07, 6.45) is 4.49. The fourth-order valence-electron chi connectivity index (χ4n) is 0.304. The third-order valence-electron chi connectivity index (χ3n) is 0.860. The molecule has 0 spiro atoms. The fraction of sp³-hybridized carbons (Fsp3) is 0.571. The Balaban J connectivity index is 3.71. The number of carbonyl (C=O) groups excluding carboxylic acids is 1. The van der Waals surface area contributed by atoms with Gasteiger partial charge in [-0.2, -0.15) is 0 Å². The van der Waals surface area contributed by atoms with Gasteiger partial charge in [-0.3, -0.25) is 4.79 Å². The van der Waals surface area contributed by atoms with Gasteiger partial charge in [0.15, 0.2) is 6.10 Å². The molecule has 0 N–H and O–H groups in total. The molecule has 0 amide bonds. The van der Waals surface area contributed by atoms with Crippen molar-refractivity contribution in [2.75, 3.05) is 0 Å². The van der Waals surface area contributed by atoms with E-state index in [0.29, 0.717) is 0 Å². The topological polar surface area (TPSA) is 26.3 Å². The molecule has 0 aromatic rings. The predicted molar refractivity (Wildman–Crippen MR) is 41.4 cm³/mol. The van der Waals surface area contributed by atoms with E-state index in [2.05, 4.69) is 23.3 Å². The number of rotatable bonds is 2. The number of hydrogen-bond donors (Lipinski definition) is 0. The molecule has 0 aromatic heterocycles. The summed E-state index contributed by atoms with van der Waals surface area (Å²) in [5, 5.41) is -0.518. The van der Waals surface area contributed by atoms with Gasteiger partial charge in [-0.15, -0.1) is 6.42 Å². The minimum absolute atomic E-state index is 0.430. The van der Waals surface area contributed by atoms with Crippen molar-refractivity contribution in [2.45, 2.75) is 25.2 Å². The molecule has 2 unspecified atom stereocenters. The molecular weight excluding hydrogens is 148 g/mol. The van der Waals surface area contributed by atoms with Gasteiger partial charge in [-0.25, -0.2) is 0 Å². The van der Waals surface area contributed by atoms with Crippen LogP contribution in [0.15, 0.2) is 0 Å². The average molecular weight is 157 g/mol. The molecular formula is C7H9O2S. The Morgan fingerprint density at radius 3 is 2.50 bits per heavy atom. The molecule has 3 heteroatoms. The molecule has 55 valence electrons. The SMILES string of the molecule is C#CC(C)OC(=O)C(C)[S]. The molecule has 1 radical (unpaired) electrons. The molecule has 0 saturated heterocycles. The van der Waals surface area contributed by atoms with Crippen LogP contribution in [0.5, 0.6) is 0 Å². The van der Waals surface area contributed by atoms with E-state index < -0.39 is 17.3 Å². The smallest absolute Gasteiger partial charge is 0.320 e. The highest BCUT2D eigenvalue weighted by molar-refractivity contribution is 7.81. The number of carbonyl (C=O) groups is 1. The number of hydrogen-bond acceptors (Lipinski definition) is 2. The summed E-state index contributed by atoms with van der Waals surface area (Å²) >= 11 is 4.62. The normalized spacial score (nSPS) is 15.0. The Hall–Kier alpha value is -0.620. The molecule has 0 heterocycles. The van der Waals surface area contributed by atoms with Gasteiger partial charge in [-0.1, -0.05) is 18.5 Å². The van der Waals surface area contributed by atoms with E-state index in [1.165, 1.54) is 0 Å². The molecule has 10 heavy (non-hydrogen) atoms. The Kier molecular flexibility index (Phi) is 3.97. The fourth-order valence-corrected chi connectivity index (χ4v) is 0.360. The summed E-state index contributed by atoms with van der Waals surface area (Å²) in [6.45, 7) is 3.20. The summed E-state index contributed by atoms with van der Waals surface area (Å²) in [6, 6.07) is 0. The monoisotopic (exact) mass is 157 g/mol. The molecule has 0 aliphatic heterocycles. The maximum Gasteiger partial charge on any atom is 0.320 e. The lowest BCUT2D eigenvalue weighted by molar-refractivity contribution is -0.144. The summed E-state index contributed by atoms with van der Waals surface area (Å²) < 4.78 is 4.68. The van der Waals surface area contributed by atoms with Crippen molar-refractivity contribution < 1.29 is 9.53 Å². The van der Waals surface area contributed by atoms with Gasteiger partial charge in [0, 0.05) is 0 Å². The first kappa shape index (κ1) is 9.38. The Morgan fingerprint density at radius 1 is 1.70 bits per heavy atom. The highest BCUT2D eigenvalue weighted by Crippen LogP contribution is 1.98. The Morgan fingerprint density at radius 2 is 2.20 bits per heavy atom. The van der Waals surface area contributed by atoms with Gasteiger partial charge >= 0.3 is 5.97 Å². The lowest BCUT2D eigenvalue weighted by atomic mass is 10.4. The van der Waals surface area contributed by atoms with Gasteiger partial charge in [-0.05, 0) is 13.8 Å². The second kappa shape index (κ2) is 4.24. The summed E-state index contributed by atoms with van der Waals surface area (Å²) in [7, 11) is 0. The molecule has 0 aromatic carbocycles. The second-order valence-electron chi connectivity index (χ2n) is 1.89. The third-order valence-corrected chi connectivity index (χ3v) is 1.05. The highest BCUT2D eigenvalue weighted by atomic mass is 32.1. The van der Waals surface area contributed by atoms with Crippen LogP contribution in [-0.2, 0) is 9.53 Å². The quantitative estimate of drug-likeness (QED) is 0.444. The van der Waals surface area contributed by atoms with Crippen LogP contribution in [0.1, 0.15) is 13.8 Å².